The van der Waals surface area contributed by atoms with Gasteiger partial charge in [0.1, 0.15) is 5.82 Å². The molecule has 1 aromatic heterocycles. The van der Waals surface area contributed by atoms with Gasteiger partial charge in [-0.05, 0) is 18.6 Å². The minimum atomic E-state index is -0.191. The molecule has 0 bridgehead atoms. The Hall–Kier alpha value is -1.88. The number of nitrogens with zero attached hydrogens (tertiary/aromatic N) is 3. The van der Waals surface area contributed by atoms with E-state index in [1.165, 1.54) is 0 Å². The summed E-state index contributed by atoms with van der Waals surface area (Å²) in [6, 6.07) is 7.50. The van der Waals surface area contributed by atoms with Gasteiger partial charge in [-0.3, -0.25) is 9.89 Å². The van der Waals surface area contributed by atoms with E-state index in [1.807, 2.05) is 38.1 Å². The lowest BCUT2D eigenvalue weighted by atomic mass is 10.2. The van der Waals surface area contributed by atoms with Crippen LogP contribution in [0.2, 0.25) is 5.02 Å². The van der Waals surface area contributed by atoms with Gasteiger partial charge in [0.2, 0.25) is 5.82 Å². The number of halogens is 1. The maximum atomic E-state index is 12.4. The topological polar surface area (TPSA) is 61.9 Å². The van der Waals surface area contributed by atoms with Crippen LogP contribution in [-0.4, -0.2) is 32.5 Å². The number of carbonyl (C=O) groups is 1. The van der Waals surface area contributed by atoms with Gasteiger partial charge in [0.05, 0.1) is 0 Å². The average Bonchev–Trinajstić information content (AvgIpc) is 2.94. The molecule has 0 aliphatic heterocycles. The second kappa shape index (κ2) is 6.52. The van der Waals surface area contributed by atoms with Crippen molar-refractivity contribution in [2.24, 2.45) is 0 Å². The normalized spacial score (nSPS) is 10.6. The third-order valence-corrected chi connectivity index (χ3v) is 3.41. The third-order valence-electron chi connectivity index (χ3n) is 3.05. The monoisotopic (exact) mass is 292 g/mol. The number of aromatic amines is 1. The van der Waals surface area contributed by atoms with Gasteiger partial charge in [-0.2, -0.15) is 0 Å². The van der Waals surface area contributed by atoms with Crippen molar-refractivity contribution >= 4 is 17.5 Å². The lowest BCUT2D eigenvalue weighted by Gasteiger charge is -2.19. The molecule has 0 atom stereocenters. The quantitative estimate of drug-likeness (QED) is 0.921. The number of hydrogen-bond donors (Lipinski definition) is 1. The van der Waals surface area contributed by atoms with E-state index in [9.17, 15) is 4.79 Å². The Morgan fingerprint density at radius 2 is 2.10 bits per heavy atom. The summed E-state index contributed by atoms with van der Waals surface area (Å²) in [7, 11) is 0. The molecule has 1 N–H and O–H groups in total. The zero-order valence-corrected chi connectivity index (χ0v) is 12.3. The lowest BCUT2D eigenvalue weighted by molar-refractivity contribution is 0.0740. The average molecular weight is 293 g/mol. The van der Waals surface area contributed by atoms with Crippen molar-refractivity contribution in [1.82, 2.24) is 20.1 Å². The van der Waals surface area contributed by atoms with Gasteiger partial charge in [0, 0.05) is 24.5 Å². The molecule has 0 saturated heterocycles. The molecule has 20 heavy (non-hydrogen) atoms. The standard InChI is InChI=1S/C14H17ClN4O/c1-3-12-16-13(18-17-12)14(20)19(4-2)9-10-7-5-6-8-11(10)15/h5-8H,3-4,9H2,1-2H3,(H,16,17,18). The van der Waals surface area contributed by atoms with E-state index >= 15 is 0 Å². The van der Waals surface area contributed by atoms with Crippen LogP contribution < -0.4 is 0 Å². The molecular weight excluding hydrogens is 276 g/mol. The first-order chi connectivity index (χ1) is 9.65. The maximum absolute atomic E-state index is 12.4. The predicted octanol–water partition coefficient (Wildman–Crippen LogP) is 2.68. The fourth-order valence-corrected chi connectivity index (χ4v) is 2.05. The van der Waals surface area contributed by atoms with Crippen LogP contribution in [0.25, 0.3) is 0 Å². The summed E-state index contributed by atoms with van der Waals surface area (Å²) in [4.78, 5) is 18.2. The van der Waals surface area contributed by atoms with Gasteiger partial charge in [-0.25, -0.2) is 4.98 Å². The zero-order valence-electron chi connectivity index (χ0n) is 11.6. The summed E-state index contributed by atoms with van der Waals surface area (Å²) in [5.74, 6) is 0.723. The number of amides is 1. The van der Waals surface area contributed by atoms with Crippen molar-refractivity contribution in [1.29, 1.82) is 0 Å². The fraction of sp³-hybridized carbons (Fsp3) is 0.357. The smallest absolute Gasteiger partial charge is 0.293 e. The van der Waals surface area contributed by atoms with Gasteiger partial charge in [0.15, 0.2) is 0 Å². The summed E-state index contributed by atoms with van der Waals surface area (Å²) in [5.41, 5.74) is 0.913. The van der Waals surface area contributed by atoms with Crippen LogP contribution in [0.4, 0.5) is 0 Å². The highest BCUT2D eigenvalue weighted by Crippen LogP contribution is 2.17. The highest BCUT2D eigenvalue weighted by atomic mass is 35.5. The van der Waals surface area contributed by atoms with E-state index in [2.05, 4.69) is 15.2 Å². The van der Waals surface area contributed by atoms with Crippen LogP contribution in [0.15, 0.2) is 24.3 Å². The van der Waals surface area contributed by atoms with Gasteiger partial charge in [-0.1, -0.05) is 36.7 Å². The number of aryl methyl sites for hydroxylation is 1. The van der Waals surface area contributed by atoms with E-state index < -0.39 is 0 Å². The van der Waals surface area contributed by atoms with Crippen molar-refractivity contribution in [3.8, 4) is 0 Å². The second-order valence-corrected chi connectivity index (χ2v) is 4.78. The number of H-pyrrole nitrogens is 1. The maximum Gasteiger partial charge on any atom is 0.293 e. The number of benzene rings is 1. The first-order valence-electron chi connectivity index (χ1n) is 6.59. The van der Waals surface area contributed by atoms with Crippen LogP contribution in [0, 0.1) is 0 Å². The molecule has 106 valence electrons. The van der Waals surface area contributed by atoms with Crippen LogP contribution in [0.5, 0.6) is 0 Å². The molecule has 0 spiro atoms. The van der Waals surface area contributed by atoms with E-state index in [4.69, 9.17) is 11.6 Å². The molecule has 6 heteroatoms. The molecule has 0 aliphatic rings. The summed E-state index contributed by atoms with van der Waals surface area (Å²) >= 11 is 6.13. The summed E-state index contributed by atoms with van der Waals surface area (Å²) in [6.45, 7) is 4.89. The van der Waals surface area contributed by atoms with Crippen molar-refractivity contribution in [3.05, 3.63) is 46.5 Å². The van der Waals surface area contributed by atoms with Crippen LogP contribution >= 0.6 is 11.6 Å². The Labute approximate surface area is 123 Å². The first-order valence-corrected chi connectivity index (χ1v) is 6.97. The number of hydrogen-bond acceptors (Lipinski definition) is 3. The molecule has 0 fully saturated rings. The molecule has 1 heterocycles. The zero-order chi connectivity index (χ0) is 14.5. The first kappa shape index (κ1) is 14.5. The molecule has 0 saturated carbocycles. The van der Waals surface area contributed by atoms with E-state index in [0.717, 1.165) is 12.0 Å². The Morgan fingerprint density at radius 3 is 2.70 bits per heavy atom. The van der Waals surface area contributed by atoms with Gasteiger partial charge in [-0.15, -0.1) is 5.10 Å². The molecule has 0 radical (unpaired) electrons. The highest BCUT2D eigenvalue weighted by molar-refractivity contribution is 6.31. The number of carbonyl (C=O) groups excluding carboxylic acids is 1. The minimum absolute atomic E-state index is 0.191. The van der Waals surface area contributed by atoms with Crippen molar-refractivity contribution < 1.29 is 4.79 Å². The van der Waals surface area contributed by atoms with E-state index in [1.54, 1.807) is 4.90 Å². The number of rotatable bonds is 5. The number of aromatic nitrogens is 3. The Kier molecular flexibility index (Phi) is 4.74. The third kappa shape index (κ3) is 3.17. The highest BCUT2D eigenvalue weighted by Gasteiger charge is 2.19. The molecule has 0 aliphatic carbocycles. The molecule has 5 nitrogen and oxygen atoms in total. The van der Waals surface area contributed by atoms with Crippen molar-refractivity contribution in [3.63, 3.8) is 0 Å². The van der Waals surface area contributed by atoms with E-state index in [-0.39, 0.29) is 11.7 Å². The van der Waals surface area contributed by atoms with Crippen molar-refractivity contribution in [2.45, 2.75) is 26.8 Å². The SMILES string of the molecule is CCc1nc(C(=O)N(CC)Cc2ccccc2Cl)n[nH]1. The molecule has 1 amide bonds. The largest absolute Gasteiger partial charge is 0.332 e. The van der Waals surface area contributed by atoms with Crippen LogP contribution in [0.3, 0.4) is 0 Å². The predicted molar refractivity (Wildman–Crippen MR) is 77.6 cm³/mol. The Bertz CT molecular complexity index is 596. The Balaban J connectivity index is 2.15. The van der Waals surface area contributed by atoms with Gasteiger partial charge < -0.3 is 4.90 Å². The molecule has 2 rings (SSSR count). The van der Waals surface area contributed by atoms with Crippen LogP contribution in [0.1, 0.15) is 35.9 Å². The summed E-state index contributed by atoms with van der Waals surface area (Å²) in [6.07, 6.45) is 0.719. The van der Waals surface area contributed by atoms with Gasteiger partial charge in [0.25, 0.3) is 5.91 Å². The second-order valence-electron chi connectivity index (χ2n) is 4.37. The van der Waals surface area contributed by atoms with E-state index in [0.29, 0.717) is 23.9 Å². The van der Waals surface area contributed by atoms with Crippen molar-refractivity contribution in [2.75, 3.05) is 6.54 Å². The molecule has 1 aromatic carbocycles. The van der Waals surface area contributed by atoms with Crippen LogP contribution in [-0.2, 0) is 13.0 Å². The minimum Gasteiger partial charge on any atom is -0.332 e. The molecule has 2 aromatic rings. The summed E-state index contributed by atoms with van der Waals surface area (Å²) < 4.78 is 0. The fourth-order valence-electron chi connectivity index (χ4n) is 1.85. The number of nitrogens with one attached hydrogen (secondary N) is 1. The van der Waals surface area contributed by atoms with Gasteiger partial charge >= 0.3 is 0 Å². The molecule has 0 unspecified atom stereocenters. The Morgan fingerprint density at radius 1 is 1.35 bits per heavy atom. The molecular formula is C14H17ClN4O. The lowest BCUT2D eigenvalue weighted by Crippen LogP contribution is -2.31. The summed E-state index contributed by atoms with van der Waals surface area (Å²) in [5, 5.41) is 7.37.